The molecule has 36 heavy (non-hydrogen) atoms. The van der Waals surface area contributed by atoms with E-state index in [9.17, 15) is 13.2 Å². The Kier molecular flexibility index (Phi) is 9.34. The van der Waals surface area contributed by atoms with Gasteiger partial charge in [0.05, 0.1) is 4.21 Å². The summed E-state index contributed by atoms with van der Waals surface area (Å²) in [6.45, 7) is 6.43. The molecule has 190 valence electrons. The largest absolute Gasteiger partial charge is 0.741 e. The van der Waals surface area contributed by atoms with Gasteiger partial charge >= 0.3 is 5.51 Å². The van der Waals surface area contributed by atoms with Gasteiger partial charge < -0.3 is 4.55 Å². The molecular weight excluding hydrogens is 546 g/mol. The molecule has 0 N–H and O–H groups in total. The molecule has 4 rings (SSSR count). The summed E-state index contributed by atoms with van der Waals surface area (Å²) in [6.07, 6.45) is 0. The van der Waals surface area contributed by atoms with Gasteiger partial charge in [0.1, 0.15) is 10.9 Å². The first kappa shape index (κ1) is 28.3. The molecule has 3 aromatic carbocycles. The molecule has 1 aromatic heterocycles. The third-order valence-corrected chi connectivity index (χ3v) is 10.2. The molecule has 10 heteroatoms. The molecule has 3 nitrogen and oxygen atoms in total. The SMILES string of the molecule is Cc1ccc(Sc2ccc([S+](c3ccc(C)cc3)c3ccc(C)cc3)s2)cc1.O=S(=O)([O-])C(F)(F)F. The lowest BCUT2D eigenvalue weighted by Crippen LogP contribution is -2.21. The highest BCUT2D eigenvalue weighted by atomic mass is 32.2. The predicted octanol–water partition coefficient (Wildman–Crippen LogP) is 7.97. The molecule has 0 saturated heterocycles. The Bertz CT molecular complexity index is 1330. The fourth-order valence-electron chi connectivity index (χ4n) is 2.91. The van der Waals surface area contributed by atoms with E-state index in [1.807, 2.05) is 23.1 Å². The third kappa shape index (κ3) is 7.88. The summed E-state index contributed by atoms with van der Waals surface area (Å²) >= 11 is 3.77. The average molecular weight is 569 g/mol. The lowest BCUT2D eigenvalue weighted by Gasteiger charge is -2.08. The summed E-state index contributed by atoms with van der Waals surface area (Å²) in [4.78, 5) is 4.05. The second kappa shape index (κ2) is 11.9. The van der Waals surface area contributed by atoms with Gasteiger partial charge in [-0.25, -0.2) is 8.42 Å². The first-order chi connectivity index (χ1) is 16.8. The average Bonchev–Trinajstić information content (AvgIpc) is 3.25. The second-order valence-corrected chi connectivity index (χ2v) is 13.9. The van der Waals surface area contributed by atoms with E-state index in [1.54, 1.807) is 0 Å². The van der Waals surface area contributed by atoms with Crippen molar-refractivity contribution in [2.75, 3.05) is 0 Å². The zero-order valence-electron chi connectivity index (χ0n) is 19.6. The van der Waals surface area contributed by atoms with E-state index in [-0.39, 0.29) is 10.9 Å². The number of benzene rings is 3. The number of halogens is 3. The van der Waals surface area contributed by atoms with Gasteiger partial charge in [-0.2, -0.15) is 13.2 Å². The van der Waals surface area contributed by atoms with E-state index < -0.39 is 15.6 Å². The number of hydrogen-bond acceptors (Lipinski definition) is 5. The molecule has 0 radical (unpaired) electrons. The van der Waals surface area contributed by atoms with Crippen LogP contribution in [0.3, 0.4) is 0 Å². The van der Waals surface area contributed by atoms with Crippen molar-refractivity contribution in [1.29, 1.82) is 0 Å². The lowest BCUT2D eigenvalue weighted by atomic mass is 10.2. The van der Waals surface area contributed by atoms with Crippen molar-refractivity contribution in [3.8, 4) is 0 Å². The highest BCUT2D eigenvalue weighted by molar-refractivity contribution is 8.02. The molecule has 0 amide bonds. The van der Waals surface area contributed by atoms with Gasteiger partial charge in [-0.3, -0.25) is 0 Å². The van der Waals surface area contributed by atoms with Crippen LogP contribution in [0.5, 0.6) is 0 Å². The third-order valence-electron chi connectivity index (χ3n) is 4.79. The maximum atomic E-state index is 10.7. The van der Waals surface area contributed by atoms with Gasteiger partial charge in [-0.05, 0) is 63.2 Å². The first-order valence-electron chi connectivity index (χ1n) is 10.6. The molecule has 0 aliphatic carbocycles. The summed E-state index contributed by atoms with van der Waals surface area (Å²) in [5.41, 5.74) is -1.74. The zero-order chi connectivity index (χ0) is 26.5. The highest BCUT2D eigenvalue weighted by Crippen LogP contribution is 2.40. The molecule has 0 unspecified atom stereocenters. The van der Waals surface area contributed by atoms with Gasteiger partial charge in [0.2, 0.25) is 4.21 Å². The lowest BCUT2D eigenvalue weighted by molar-refractivity contribution is -0.0517. The van der Waals surface area contributed by atoms with Crippen LogP contribution in [0.15, 0.2) is 108 Å². The standard InChI is InChI=1S/C25H23S3.CHF3O3S/c1-18-4-10-21(11-5-18)26-24-16-17-25(27-24)28(22-12-6-19(2)7-13-22)23-14-8-20(3)9-15-23;2-1(3,4)8(5,6)7/h4-17H,1-3H3;(H,5,6,7)/q+1;/p-1. The number of thiophene rings is 1. The minimum Gasteiger partial charge on any atom is -0.741 e. The second-order valence-electron chi connectivity index (χ2n) is 7.82. The topological polar surface area (TPSA) is 57.2 Å². The Balaban J connectivity index is 0.000000392. The predicted molar refractivity (Wildman–Crippen MR) is 140 cm³/mol. The van der Waals surface area contributed by atoms with Crippen LogP contribution < -0.4 is 0 Å². The number of hydrogen-bond donors (Lipinski definition) is 0. The molecule has 1 heterocycles. The fourth-order valence-corrected chi connectivity index (χ4v) is 7.84. The Labute approximate surface area is 220 Å². The van der Waals surface area contributed by atoms with Crippen molar-refractivity contribution in [3.05, 3.63) is 102 Å². The molecule has 0 fully saturated rings. The Morgan fingerprint density at radius 3 is 1.50 bits per heavy atom. The van der Waals surface area contributed by atoms with Crippen molar-refractivity contribution < 1.29 is 26.1 Å². The number of rotatable bonds is 5. The van der Waals surface area contributed by atoms with Gasteiger partial charge in [-0.1, -0.05) is 76.2 Å². The van der Waals surface area contributed by atoms with Crippen LogP contribution in [0.4, 0.5) is 13.2 Å². The van der Waals surface area contributed by atoms with E-state index >= 15 is 0 Å². The maximum Gasteiger partial charge on any atom is 0.485 e. The normalized spacial score (nSPS) is 11.8. The Morgan fingerprint density at radius 1 is 0.722 bits per heavy atom. The van der Waals surface area contributed by atoms with Crippen LogP contribution >= 0.6 is 23.1 Å². The van der Waals surface area contributed by atoms with Crippen molar-refractivity contribution in [1.82, 2.24) is 0 Å². The van der Waals surface area contributed by atoms with Crippen LogP contribution in [-0.2, 0) is 21.0 Å². The van der Waals surface area contributed by atoms with Crippen molar-refractivity contribution in [2.45, 2.75) is 49.4 Å². The summed E-state index contributed by atoms with van der Waals surface area (Å²) in [7, 11) is -6.16. The minimum absolute atomic E-state index is 0.0668. The van der Waals surface area contributed by atoms with E-state index in [4.69, 9.17) is 13.0 Å². The number of alkyl halides is 3. The zero-order valence-corrected chi connectivity index (χ0v) is 22.8. The molecule has 4 aromatic rings. The molecular formula is C26H23F3O3S4. The summed E-state index contributed by atoms with van der Waals surface area (Å²) in [6, 6.07) is 31.4. The number of aryl methyl sites for hydroxylation is 3. The summed E-state index contributed by atoms with van der Waals surface area (Å²) in [5, 5.41) is 0. The van der Waals surface area contributed by atoms with Crippen LogP contribution in [-0.4, -0.2) is 18.5 Å². The molecule has 0 spiro atoms. The molecule has 0 aliphatic heterocycles. The van der Waals surface area contributed by atoms with Gasteiger partial charge in [-0.15, -0.1) is 0 Å². The van der Waals surface area contributed by atoms with Crippen molar-refractivity contribution >= 4 is 44.1 Å². The molecule has 0 bridgehead atoms. The van der Waals surface area contributed by atoms with Crippen LogP contribution in [0, 0.1) is 20.8 Å². The highest BCUT2D eigenvalue weighted by Gasteiger charge is 2.37. The summed E-state index contributed by atoms with van der Waals surface area (Å²) in [5.74, 6) is 0. The Hall–Kier alpha value is -2.24. The van der Waals surface area contributed by atoms with E-state index in [1.165, 1.54) is 39.8 Å². The van der Waals surface area contributed by atoms with E-state index in [2.05, 4.69) is 106 Å². The first-order valence-corrected chi connectivity index (χ1v) is 14.8. The van der Waals surface area contributed by atoms with Gasteiger partial charge in [0, 0.05) is 11.0 Å². The van der Waals surface area contributed by atoms with E-state index in [0.29, 0.717) is 0 Å². The van der Waals surface area contributed by atoms with Crippen LogP contribution in [0.2, 0.25) is 0 Å². The van der Waals surface area contributed by atoms with Gasteiger partial charge in [0.25, 0.3) is 0 Å². The molecule has 0 atom stereocenters. The van der Waals surface area contributed by atoms with Crippen molar-refractivity contribution in [2.24, 2.45) is 0 Å². The fraction of sp³-hybridized carbons (Fsp3) is 0.154. The summed E-state index contributed by atoms with van der Waals surface area (Å²) < 4.78 is 61.7. The Morgan fingerprint density at radius 2 is 1.11 bits per heavy atom. The van der Waals surface area contributed by atoms with E-state index in [0.717, 1.165) is 0 Å². The molecule has 0 saturated carbocycles. The molecule has 0 aliphatic rings. The van der Waals surface area contributed by atoms with Crippen molar-refractivity contribution in [3.63, 3.8) is 0 Å². The van der Waals surface area contributed by atoms with Gasteiger partial charge in [0.15, 0.2) is 19.9 Å². The van der Waals surface area contributed by atoms with Crippen LogP contribution in [0.1, 0.15) is 16.7 Å². The van der Waals surface area contributed by atoms with Crippen LogP contribution in [0.25, 0.3) is 0 Å². The smallest absolute Gasteiger partial charge is 0.485 e. The maximum absolute atomic E-state index is 10.7. The monoisotopic (exact) mass is 568 g/mol. The minimum atomic E-state index is -6.09. The quantitative estimate of drug-likeness (QED) is 0.139.